The lowest BCUT2D eigenvalue weighted by atomic mass is 9.83. The number of hydrogen-bond donors (Lipinski definition) is 2. The summed E-state index contributed by atoms with van der Waals surface area (Å²) in [5, 5.41) is 19.3. The number of methoxy groups -OCH3 is 4. The third-order valence-electron chi connectivity index (χ3n) is 6.72. The SMILES string of the molecule is COc1ccc(CCn2cnc3c(c2=N)C(c2ccc(OC)c(OC)c2)c2ccc(O)cc2O3)cc1OC. The van der Waals surface area contributed by atoms with Crippen molar-refractivity contribution in [1.29, 1.82) is 5.41 Å². The molecule has 1 aromatic heterocycles. The molecule has 0 radical (unpaired) electrons. The Balaban J connectivity index is 1.57. The molecular formula is C29H29N3O6. The van der Waals surface area contributed by atoms with Crippen molar-refractivity contribution in [1.82, 2.24) is 9.55 Å². The lowest BCUT2D eigenvalue weighted by molar-refractivity contribution is 0.354. The quantitative estimate of drug-likeness (QED) is 0.310. The Bertz CT molecular complexity index is 1550. The number of phenols is 1. The van der Waals surface area contributed by atoms with Crippen molar-refractivity contribution in [2.24, 2.45) is 0 Å². The van der Waals surface area contributed by atoms with Crippen LogP contribution in [0.3, 0.4) is 0 Å². The van der Waals surface area contributed by atoms with E-state index in [1.54, 1.807) is 51.5 Å². The number of hydrogen-bond acceptors (Lipinski definition) is 8. The third kappa shape index (κ3) is 4.47. The molecule has 0 bridgehead atoms. The fourth-order valence-electron chi connectivity index (χ4n) is 4.79. The van der Waals surface area contributed by atoms with Gasteiger partial charge >= 0.3 is 0 Å². The highest BCUT2D eigenvalue weighted by molar-refractivity contribution is 5.59. The number of aryl methyl sites for hydroxylation is 2. The van der Waals surface area contributed by atoms with Crippen LogP contribution in [0.15, 0.2) is 60.9 Å². The van der Waals surface area contributed by atoms with Crippen LogP contribution in [0.5, 0.6) is 40.4 Å². The van der Waals surface area contributed by atoms with Crippen LogP contribution in [-0.2, 0) is 13.0 Å². The number of ether oxygens (including phenoxy) is 5. The number of phenolic OH excluding ortho intramolecular Hbond substituents is 1. The number of nitrogens with zero attached hydrogens (tertiary/aromatic N) is 2. The molecule has 3 aromatic carbocycles. The van der Waals surface area contributed by atoms with Gasteiger partial charge in [0.05, 0.1) is 34.0 Å². The van der Waals surface area contributed by atoms with Crippen molar-refractivity contribution in [2.75, 3.05) is 28.4 Å². The molecule has 2 heterocycles. The van der Waals surface area contributed by atoms with Gasteiger partial charge in [-0.3, -0.25) is 5.41 Å². The third-order valence-corrected chi connectivity index (χ3v) is 6.72. The molecule has 196 valence electrons. The Hall–Kier alpha value is -4.66. The number of aromatic hydroxyl groups is 1. The minimum absolute atomic E-state index is 0.0882. The van der Waals surface area contributed by atoms with E-state index in [0.29, 0.717) is 53.2 Å². The first-order valence-electron chi connectivity index (χ1n) is 12.0. The molecule has 38 heavy (non-hydrogen) atoms. The van der Waals surface area contributed by atoms with Crippen molar-refractivity contribution in [3.8, 4) is 40.4 Å². The molecule has 0 saturated heterocycles. The molecule has 0 aliphatic carbocycles. The van der Waals surface area contributed by atoms with E-state index in [2.05, 4.69) is 4.98 Å². The summed E-state index contributed by atoms with van der Waals surface area (Å²) < 4.78 is 29.6. The Morgan fingerprint density at radius 2 is 1.55 bits per heavy atom. The summed E-state index contributed by atoms with van der Waals surface area (Å²) >= 11 is 0. The highest BCUT2D eigenvalue weighted by Crippen LogP contribution is 2.47. The average Bonchev–Trinajstić information content (AvgIpc) is 2.95. The summed E-state index contributed by atoms with van der Waals surface area (Å²) in [7, 11) is 6.39. The predicted octanol–water partition coefficient (Wildman–Crippen LogP) is 4.63. The van der Waals surface area contributed by atoms with E-state index >= 15 is 0 Å². The van der Waals surface area contributed by atoms with Crippen LogP contribution in [0.1, 0.15) is 28.2 Å². The molecule has 1 atom stereocenters. The second-order valence-corrected chi connectivity index (χ2v) is 8.82. The smallest absolute Gasteiger partial charge is 0.228 e. The predicted molar refractivity (Wildman–Crippen MR) is 140 cm³/mol. The van der Waals surface area contributed by atoms with Gasteiger partial charge in [-0.1, -0.05) is 18.2 Å². The van der Waals surface area contributed by atoms with E-state index in [1.807, 2.05) is 42.5 Å². The number of nitrogens with one attached hydrogen (secondary N) is 1. The summed E-state index contributed by atoms with van der Waals surface area (Å²) in [6.45, 7) is 0.523. The molecule has 0 spiro atoms. The fraction of sp³-hybridized carbons (Fsp3) is 0.241. The summed E-state index contributed by atoms with van der Waals surface area (Å²) in [5.41, 5.74) is 3.66. The zero-order valence-corrected chi connectivity index (χ0v) is 21.6. The lowest BCUT2D eigenvalue weighted by Crippen LogP contribution is -2.30. The molecule has 0 saturated carbocycles. The van der Waals surface area contributed by atoms with Gasteiger partial charge in [-0.25, -0.2) is 4.98 Å². The van der Waals surface area contributed by atoms with E-state index in [9.17, 15) is 5.11 Å². The molecule has 9 nitrogen and oxygen atoms in total. The minimum Gasteiger partial charge on any atom is -0.508 e. The highest BCUT2D eigenvalue weighted by atomic mass is 16.5. The molecule has 4 aromatic rings. The molecule has 0 fully saturated rings. The summed E-state index contributed by atoms with van der Waals surface area (Å²) in [6, 6.07) is 16.5. The molecule has 1 unspecified atom stereocenters. The largest absolute Gasteiger partial charge is 0.508 e. The molecule has 9 heteroatoms. The van der Waals surface area contributed by atoms with Crippen molar-refractivity contribution in [3.63, 3.8) is 0 Å². The number of fused-ring (bicyclic) bond motifs is 2. The van der Waals surface area contributed by atoms with Crippen LogP contribution in [0.4, 0.5) is 0 Å². The van der Waals surface area contributed by atoms with Crippen molar-refractivity contribution >= 4 is 0 Å². The van der Waals surface area contributed by atoms with Crippen LogP contribution in [0.25, 0.3) is 0 Å². The van der Waals surface area contributed by atoms with Gasteiger partial charge in [0.15, 0.2) is 23.0 Å². The van der Waals surface area contributed by atoms with Crippen LogP contribution in [0.2, 0.25) is 0 Å². The highest BCUT2D eigenvalue weighted by Gasteiger charge is 2.33. The second-order valence-electron chi connectivity index (χ2n) is 8.82. The maximum absolute atomic E-state index is 10.1. The van der Waals surface area contributed by atoms with E-state index in [1.165, 1.54) is 0 Å². The fourth-order valence-corrected chi connectivity index (χ4v) is 4.79. The van der Waals surface area contributed by atoms with Gasteiger partial charge < -0.3 is 33.4 Å². The summed E-state index contributed by atoms with van der Waals surface area (Å²) in [4.78, 5) is 4.57. The van der Waals surface area contributed by atoms with Gasteiger partial charge in [0, 0.05) is 24.1 Å². The first kappa shape index (κ1) is 25.0. The Morgan fingerprint density at radius 3 is 2.26 bits per heavy atom. The van der Waals surface area contributed by atoms with Crippen LogP contribution < -0.4 is 29.2 Å². The van der Waals surface area contributed by atoms with Gasteiger partial charge in [-0.05, 0) is 47.9 Å². The van der Waals surface area contributed by atoms with Crippen molar-refractivity contribution < 1.29 is 28.8 Å². The molecule has 1 aliphatic heterocycles. The maximum Gasteiger partial charge on any atom is 0.228 e. The monoisotopic (exact) mass is 515 g/mol. The van der Waals surface area contributed by atoms with Crippen molar-refractivity contribution in [2.45, 2.75) is 18.9 Å². The lowest BCUT2D eigenvalue weighted by Gasteiger charge is -2.29. The number of aromatic nitrogens is 2. The van der Waals surface area contributed by atoms with E-state index in [4.69, 9.17) is 29.1 Å². The van der Waals surface area contributed by atoms with E-state index in [-0.39, 0.29) is 17.2 Å². The van der Waals surface area contributed by atoms with Gasteiger partial charge in [-0.15, -0.1) is 0 Å². The first-order valence-corrected chi connectivity index (χ1v) is 12.0. The standard InChI is InChI=1S/C29H29N3O6/c1-34-21-9-5-17(13-24(21)36-3)11-12-32-16-31-29-27(28(32)30)26(20-8-7-19(33)15-23(20)38-29)18-6-10-22(35-2)25(14-18)37-4/h5-10,13-16,26,30,33H,11-12H2,1-4H3. The molecular weight excluding hydrogens is 486 g/mol. The summed E-state index contributed by atoms with van der Waals surface area (Å²) in [5.74, 6) is 3.05. The minimum atomic E-state index is -0.373. The average molecular weight is 516 g/mol. The van der Waals surface area contributed by atoms with Crippen LogP contribution in [-0.4, -0.2) is 43.1 Å². The van der Waals surface area contributed by atoms with Crippen LogP contribution in [0, 0.1) is 5.41 Å². The second kappa shape index (κ2) is 10.4. The van der Waals surface area contributed by atoms with E-state index < -0.39 is 0 Å². The topological polar surface area (TPSA) is 108 Å². The van der Waals surface area contributed by atoms with Gasteiger partial charge in [0.25, 0.3) is 0 Å². The van der Waals surface area contributed by atoms with Gasteiger partial charge in [0.1, 0.15) is 23.3 Å². The molecule has 5 rings (SSSR count). The molecule has 2 N–H and O–H groups in total. The zero-order valence-electron chi connectivity index (χ0n) is 21.6. The molecule has 1 aliphatic rings. The van der Waals surface area contributed by atoms with E-state index in [0.717, 1.165) is 16.7 Å². The first-order chi connectivity index (χ1) is 18.5. The number of benzene rings is 3. The molecule has 0 amide bonds. The Kier molecular flexibility index (Phi) is 6.83. The van der Waals surface area contributed by atoms with Crippen LogP contribution >= 0.6 is 0 Å². The Labute approximate surface area is 220 Å². The normalized spacial score (nSPS) is 13.6. The summed E-state index contributed by atoms with van der Waals surface area (Å²) in [6.07, 6.45) is 2.27. The van der Waals surface area contributed by atoms with Crippen molar-refractivity contribution in [3.05, 3.63) is 88.7 Å². The maximum atomic E-state index is 10.1. The number of rotatable bonds is 8. The Morgan fingerprint density at radius 1 is 0.868 bits per heavy atom. The van der Waals surface area contributed by atoms with Gasteiger partial charge in [-0.2, -0.15) is 0 Å². The van der Waals surface area contributed by atoms with Gasteiger partial charge in [0.2, 0.25) is 5.88 Å². The zero-order chi connectivity index (χ0) is 26.8.